The minimum atomic E-state index is -0.270. The predicted molar refractivity (Wildman–Crippen MR) is 124 cm³/mol. The van der Waals surface area contributed by atoms with Gasteiger partial charge in [-0.2, -0.15) is 5.10 Å². The third kappa shape index (κ3) is 4.57. The molecule has 0 bridgehead atoms. The summed E-state index contributed by atoms with van der Waals surface area (Å²) < 4.78 is 3.30. The van der Waals surface area contributed by atoms with Gasteiger partial charge in [0.1, 0.15) is 12.0 Å². The third-order valence-corrected chi connectivity index (χ3v) is 4.84. The van der Waals surface area contributed by atoms with Crippen molar-refractivity contribution in [1.29, 1.82) is 0 Å². The van der Waals surface area contributed by atoms with Crippen molar-refractivity contribution in [2.75, 3.05) is 5.32 Å². The first-order valence-electron chi connectivity index (χ1n) is 10.1. The summed E-state index contributed by atoms with van der Waals surface area (Å²) in [6.45, 7) is 0. The number of para-hydroxylation sites is 1. The molecule has 0 saturated carbocycles. The molecular weight excluding hydrogens is 416 g/mol. The largest absolute Gasteiger partial charge is 0.322 e. The molecule has 2 aromatic carbocycles. The van der Waals surface area contributed by atoms with Crippen LogP contribution in [0, 0.1) is 0 Å². The van der Waals surface area contributed by atoms with Gasteiger partial charge in [-0.05, 0) is 59.0 Å². The van der Waals surface area contributed by atoms with Crippen LogP contribution in [-0.4, -0.2) is 40.9 Å². The highest BCUT2D eigenvalue weighted by molar-refractivity contribution is 6.02. The summed E-state index contributed by atoms with van der Waals surface area (Å²) in [5.74, 6) is -0.270. The number of nitrogens with one attached hydrogen (secondary N) is 1. The second kappa shape index (κ2) is 9.06. The van der Waals surface area contributed by atoms with Crippen LogP contribution in [0.5, 0.6) is 0 Å². The molecule has 5 aromatic rings. The highest BCUT2D eigenvalue weighted by Gasteiger charge is 2.11. The number of aromatic nitrogens is 7. The molecule has 0 atom stereocenters. The first-order valence-corrected chi connectivity index (χ1v) is 10.1. The van der Waals surface area contributed by atoms with E-state index in [0.717, 1.165) is 28.2 Å². The van der Waals surface area contributed by atoms with Gasteiger partial charge in [-0.3, -0.25) is 9.78 Å². The Morgan fingerprint density at radius 3 is 2.61 bits per heavy atom. The summed E-state index contributed by atoms with van der Waals surface area (Å²) in [6, 6.07) is 20.8. The molecule has 0 aliphatic heterocycles. The van der Waals surface area contributed by atoms with Gasteiger partial charge in [0.15, 0.2) is 0 Å². The van der Waals surface area contributed by atoms with Crippen molar-refractivity contribution >= 4 is 17.7 Å². The number of rotatable bonds is 6. The molecule has 0 aliphatic rings. The minimum Gasteiger partial charge on any atom is -0.322 e. The maximum atomic E-state index is 12.6. The Hall–Kier alpha value is -4.92. The van der Waals surface area contributed by atoms with Crippen LogP contribution in [-0.2, 0) is 4.79 Å². The third-order valence-electron chi connectivity index (χ3n) is 4.84. The molecule has 160 valence electrons. The lowest BCUT2D eigenvalue weighted by Crippen LogP contribution is -2.08. The minimum absolute atomic E-state index is 0.270. The lowest BCUT2D eigenvalue weighted by Gasteiger charge is -2.05. The quantitative estimate of drug-likeness (QED) is 0.410. The van der Waals surface area contributed by atoms with E-state index in [-0.39, 0.29) is 5.91 Å². The van der Waals surface area contributed by atoms with E-state index in [1.165, 1.54) is 17.1 Å². The van der Waals surface area contributed by atoms with Crippen LogP contribution in [0.25, 0.3) is 28.7 Å². The smallest absolute Gasteiger partial charge is 0.248 e. The van der Waals surface area contributed by atoms with Gasteiger partial charge in [-0.1, -0.05) is 24.3 Å². The molecule has 1 N–H and O–H groups in total. The van der Waals surface area contributed by atoms with Gasteiger partial charge < -0.3 is 5.32 Å². The number of hydrogen-bond donors (Lipinski definition) is 1. The number of hydrogen-bond acceptors (Lipinski definition) is 6. The number of nitrogens with zero attached hydrogens (tertiary/aromatic N) is 7. The fourth-order valence-corrected chi connectivity index (χ4v) is 3.30. The Labute approximate surface area is 189 Å². The molecule has 9 heteroatoms. The number of pyridine rings is 1. The number of amides is 1. The number of carbonyl (C=O) groups is 1. The zero-order valence-electron chi connectivity index (χ0n) is 17.4. The molecule has 0 saturated heterocycles. The molecule has 0 aliphatic carbocycles. The molecule has 3 aromatic heterocycles. The van der Waals surface area contributed by atoms with Crippen LogP contribution in [0.3, 0.4) is 0 Å². The van der Waals surface area contributed by atoms with E-state index in [4.69, 9.17) is 5.10 Å². The second-order valence-corrected chi connectivity index (χ2v) is 7.08. The van der Waals surface area contributed by atoms with Crippen LogP contribution in [0.2, 0.25) is 0 Å². The van der Waals surface area contributed by atoms with Gasteiger partial charge in [0, 0.05) is 41.5 Å². The maximum Gasteiger partial charge on any atom is 0.248 e. The summed E-state index contributed by atoms with van der Waals surface area (Å²) in [4.78, 5) is 16.8. The average molecular weight is 434 g/mol. The molecule has 0 spiro atoms. The molecule has 3 heterocycles. The van der Waals surface area contributed by atoms with E-state index < -0.39 is 0 Å². The van der Waals surface area contributed by atoms with E-state index >= 15 is 0 Å². The molecular formula is C24H18N8O. The lowest BCUT2D eigenvalue weighted by molar-refractivity contribution is -0.111. The first-order chi connectivity index (χ1) is 16.3. The van der Waals surface area contributed by atoms with Crippen molar-refractivity contribution in [2.45, 2.75) is 0 Å². The Kier molecular flexibility index (Phi) is 5.50. The Bertz CT molecular complexity index is 1390. The second-order valence-electron chi connectivity index (χ2n) is 7.08. The number of carbonyl (C=O) groups excluding carboxylic acids is 1. The van der Waals surface area contributed by atoms with Gasteiger partial charge in [-0.25, -0.2) is 9.36 Å². The van der Waals surface area contributed by atoms with E-state index in [1.54, 1.807) is 35.3 Å². The van der Waals surface area contributed by atoms with Crippen LogP contribution in [0.15, 0.2) is 97.7 Å². The van der Waals surface area contributed by atoms with Crippen molar-refractivity contribution < 1.29 is 4.79 Å². The molecule has 1 amide bonds. The van der Waals surface area contributed by atoms with Crippen molar-refractivity contribution in [1.82, 2.24) is 35.0 Å². The Balaban J connectivity index is 1.40. The van der Waals surface area contributed by atoms with E-state index in [0.29, 0.717) is 5.69 Å². The van der Waals surface area contributed by atoms with Crippen molar-refractivity contribution in [3.8, 4) is 22.6 Å². The van der Waals surface area contributed by atoms with Crippen molar-refractivity contribution in [2.24, 2.45) is 0 Å². The zero-order valence-corrected chi connectivity index (χ0v) is 17.4. The highest BCUT2D eigenvalue weighted by Crippen LogP contribution is 2.24. The number of benzene rings is 2. The van der Waals surface area contributed by atoms with Gasteiger partial charge in [0.2, 0.25) is 5.91 Å². The van der Waals surface area contributed by atoms with Crippen LogP contribution in [0.4, 0.5) is 5.69 Å². The summed E-state index contributed by atoms with van der Waals surface area (Å²) in [5, 5.41) is 18.7. The monoisotopic (exact) mass is 434 g/mol. The molecule has 0 unspecified atom stereocenters. The zero-order chi connectivity index (χ0) is 22.5. The summed E-state index contributed by atoms with van der Waals surface area (Å²) in [6.07, 6.45) is 10.1. The van der Waals surface area contributed by atoms with Gasteiger partial charge in [0.05, 0.1) is 11.4 Å². The first kappa shape index (κ1) is 20.0. The summed E-state index contributed by atoms with van der Waals surface area (Å²) in [7, 11) is 0. The number of tetrazole rings is 1. The Morgan fingerprint density at radius 1 is 0.939 bits per heavy atom. The topological polar surface area (TPSA) is 103 Å². The predicted octanol–water partition coefficient (Wildman–Crippen LogP) is 3.56. The van der Waals surface area contributed by atoms with Gasteiger partial charge in [-0.15, -0.1) is 5.10 Å². The summed E-state index contributed by atoms with van der Waals surface area (Å²) in [5.41, 5.74) is 4.68. The highest BCUT2D eigenvalue weighted by atomic mass is 16.1. The van der Waals surface area contributed by atoms with Crippen LogP contribution in [0.1, 0.15) is 5.56 Å². The SMILES string of the molecule is O=C(/C=C/c1cn(-c2ccccc2)nc1-c1cccnc1)Nc1cccc(-n2cnnn2)c1. The van der Waals surface area contributed by atoms with Gasteiger partial charge in [0.25, 0.3) is 0 Å². The van der Waals surface area contributed by atoms with Crippen molar-refractivity contribution in [3.63, 3.8) is 0 Å². The standard InChI is InChI=1S/C24H18N8O/c33-23(27-20-7-4-10-22(14-20)32-17-26-29-30-32)12-11-19-16-31(21-8-2-1-3-9-21)28-24(19)18-6-5-13-25-15-18/h1-17H,(H,27,33)/b12-11+. The number of anilines is 1. The summed E-state index contributed by atoms with van der Waals surface area (Å²) >= 11 is 0. The van der Waals surface area contributed by atoms with E-state index in [9.17, 15) is 4.79 Å². The fourth-order valence-electron chi connectivity index (χ4n) is 3.30. The molecule has 33 heavy (non-hydrogen) atoms. The molecule has 0 radical (unpaired) electrons. The maximum absolute atomic E-state index is 12.6. The van der Waals surface area contributed by atoms with Crippen molar-refractivity contribution in [3.05, 3.63) is 103 Å². The van der Waals surface area contributed by atoms with Crippen LogP contribution >= 0.6 is 0 Å². The van der Waals surface area contributed by atoms with E-state index in [1.807, 2.05) is 60.8 Å². The Morgan fingerprint density at radius 2 is 1.82 bits per heavy atom. The average Bonchev–Trinajstić information content (AvgIpc) is 3.55. The van der Waals surface area contributed by atoms with Crippen LogP contribution < -0.4 is 5.32 Å². The molecule has 9 nitrogen and oxygen atoms in total. The lowest BCUT2D eigenvalue weighted by atomic mass is 10.1. The fraction of sp³-hybridized carbons (Fsp3) is 0. The normalized spacial score (nSPS) is 11.0. The van der Waals surface area contributed by atoms with Gasteiger partial charge >= 0.3 is 0 Å². The molecule has 0 fully saturated rings. The molecule has 5 rings (SSSR count). The van der Waals surface area contributed by atoms with E-state index in [2.05, 4.69) is 25.8 Å².